The number of phenols is 1. The first kappa shape index (κ1) is 21.9. The minimum Gasteiger partial charge on any atom is -0.506 e. The third kappa shape index (κ3) is 4.84. The summed E-state index contributed by atoms with van der Waals surface area (Å²) in [5, 5.41) is 23.0. The van der Waals surface area contributed by atoms with E-state index in [2.05, 4.69) is 17.0 Å². The van der Waals surface area contributed by atoms with Gasteiger partial charge in [-0.1, -0.05) is 18.1 Å². The van der Waals surface area contributed by atoms with Gasteiger partial charge in [0.2, 0.25) is 0 Å². The molecule has 2 heterocycles. The largest absolute Gasteiger partial charge is 0.506 e. The zero-order chi connectivity index (χ0) is 21.5. The predicted molar refractivity (Wildman–Crippen MR) is 115 cm³/mol. The van der Waals surface area contributed by atoms with Gasteiger partial charge in [0, 0.05) is 37.1 Å². The molecule has 2 N–H and O–H groups in total. The van der Waals surface area contributed by atoms with E-state index in [1.165, 1.54) is 12.1 Å². The molecular formula is C23H29FN2O4. The van der Waals surface area contributed by atoms with E-state index >= 15 is 0 Å². The number of para-hydroxylation sites is 1. The van der Waals surface area contributed by atoms with E-state index in [0.29, 0.717) is 12.2 Å². The van der Waals surface area contributed by atoms with Crippen molar-refractivity contribution in [1.82, 2.24) is 5.16 Å². The maximum Gasteiger partial charge on any atom is 0.170 e. The van der Waals surface area contributed by atoms with Crippen LogP contribution < -0.4 is 9.64 Å². The highest BCUT2D eigenvalue weighted by atomic mass is 19.1. The molecule has 0 spiro atoms. The molecule has 0 radical (unpaired) electrons. The SMILES string of the molecule is CCCOc1cccc(O)c1N1CCC(c2noc3cc(F)ccc23)CC1.CCO. The highest BCUT2D eigenvalue weighted by molar-refractivity contribution is 5.80. The van der Waals surface area contributed by atoms with Crippen LogP contribution in [0.15, 0.2) is 40.9 Å². The monoisotopic (exact) mass is 416 g/mol. The number of hydrogen-bond donors (Lipinski definition) is 2. The van der Waals surface area contributed by atoms with E-state index in [9.17, 15) is 9.50 Å². The van der Waals surface area contributed by atoms with Gasteiger partial charge in [-0.25, -0.2) is 4.39 Å². The lowest BCUT2D eigenvalue weighted by Gasteiger charge is -2.34. The van der Waals surface area contributed by atoms with Crippen LogP contribution in [0.25, 0.3) is 11.0 Å². The van der Waals surface area contributed by atoms with E-state index in [4.69, 9.17) is 14.4 Å². The molecule has 1 fully saturated rings. The molecule has 0 saturated carbocycles. The maximum absolute atomic E-state index is 13.4. The van der Waals surface area contributed by atoms with Gasteiger partial charge in [-0.05, 0) is 50.5 Å². The number of benzene rings is 2. The molecule has 1 saturated heterocycles. The van der Waals surface area contributed by atoms with Crippen LogP contribution in [0, 0.1) is 5.82 Å². The number of halogens is 1. The molecule has 6 nitrogen and oxygen atoms in total. The molecule has 1 aliphatic heterocycles. The van der Waals surface area contributed by atoms with Gasteiger partial charge >= 0.3 is 0 Å². The molecule has 0 atom stereocenters. The number of anilines is 1. The van der Waals surface area contributed by atoms with Gasteiger partial charge in [0.25, 0.3) is 0 Å². The minimum atomic E-state index is -0.320. The topological polar surface area (TPSA) is 79.0 Å². The number of aromatic nitrogens is 1. The van der Waals surface area contributed by atoms with Crippen LogP contribution in [0.1, 0.15) is 44.7 Å². The van der Waals surface area contributed by atoms with Crippen molar-refractivity contribution in [1.29, 1.82) is 0 Å². The molecule has 4 rings (SSSR count). The quantitative estimate of drug-likeness (QED) is 0.619. The molecule has 1 aliphatic rings. The molecule has 3 aromatic rings. The number of rotatable bonds is 5. The third-order valence-electron chi connectivity index (χ3n) is 5.10. The number of nitrogens with zero attached hydrogens (tertiary/aromatic N) is 2. The first-order valence-electron chi connectivity index (χ1n) is 10.4. The Morgan fingerprint density at radius 3 is 2.63 bits per heavy atom. The summed E-state index contributed by atoms with van der Waals surface area (Å²) in [5.41, 5.74) is 2.14. The number of fused-ring (bicyclic) bond motifs is 1. The molecule has 0 bridgehead atoms. The van der Waals surface area contributed by atoms with E-state index < -0.39 is 0 Å². The van der Waals surface area contributed by atoms with Gasteiger partial charge in [0.1, 0.15) is 23.0 Å². The number of aliphatic hydroxyl groups excluding tert-OH is 1. The van der Waals surface area contributed by atoms with Crippen LogP contribution in [0.3, 0.4) is 0 Å². The Morgan fingerprint density at radius 2 is 1.93 bits per heavy atom. The van der Waals surface area contributed by atoms with Crippen molar-refractivity contribution in [2.24, 2.45) is 0 Å². The standard InChI is InChI=1S/C21H23FN2O3.C2H6O/c1-2-12-26-18-5-3-4-17(25)21(18)24-10-8-14(9-11-24)20-16-7-6-15(22)13-19(16)27-23-20;1-2-3/h3-7,13-14,25H,2,8-12H2,1H3;3H,2H2,1H3. The van der Waals surface area contributed by atoms with Crippen LogP contribution in [0.5, 0.6) is 11.5 Å². The van der Waals surface area contributed by atoms with Crippen molar-refractivity contribution in [3.05, 3.63) is 47.9 Å². The van der Waals surface area contributed by atoms with E-state index in [1.807, 2.05) is 6.07 Å². The average Bonchev–Trinajstić information content (AvgIpc) is 3.16. The molecule has 2 aromatic carbocycles. The van der Waals surface area contributed by atoms with Gasteiger partial charge in [-0.3, -0.25) is 0 Å². The summed E-state index contributed by atoms with van der Waals surface area (Å²) in [7, 11) is 0. The van der Waals surface area contributed by atoms with Gasteiger partial charge in [0.15, 0.2) is 5.58 Å². The zero-order valence-corrected chi connectivity index (χ0v) is 17.5. The van der Waals surface area contributed by atoms with Gasteiger partial charge in [-0.15, -0.1) is 0 Å². The fourth-order valence-electron chi connectivity index (χ4n) is 3.76. The fourth-order valence-corrected chi connectivity index (χ4v) is 3.76. The highest BCUT2D eigenvalue weighted by Crippen LogP contribution is 2.41. The summed E-state index contributed by atoms with van der Waals surface area (Å²) in [6, 6.07) is 9.95. The summed E-state index contributed by atoms with van der Waals surface area (Å²) >= 11 is 0. The van der Waals surface area contributed by atoms with Crippen molar-refractivity contribution < 1.29 is 23.9 Å². The maximum atomic E-state index is 13.4. The molecule has 0 aliphatic carbocycles. The molecule has 162 valence electrons. The summed E-state index contributed by atoms with van der Waals surface area (Å²) in [5.74, 6) is 0.889. The summed E-state index contributed by atoms with van der Waals surface area (Å²) in [6.07, 6.45) is 2.66. The average molecular weight is 416 g/mol. The first-order chi connectivity index (χ1) is 14.6. The van der Waals surface area contributed by atoms with Crippen LogP contribution in [-0.2, 0) is 0 Å². The van der Waals surface area contributed by atoms with Crippen molar-refractivity contribution in [3.8, 4) is 11.5 Å². The lowest BCUT2D eigenvalue weighted by Crippen LogP contribution is -2.33. The second kappa shape index (κ2) is 10.3. The fraction of sp³-hybridized carbons (Fsp3) is 0.435. The molecule has 7 heteroatoms. The Hall–Kier alpha value is -2.80. The Balaban J connectivity index is 0.000000806. The Morgan fingerprint density at radius 1 is 1.20 bits per heavy atom. The number of ether oxygens (including phenoxy) is 1. The number of piperidine rings is 1. The van der Waals surface area contributed by atoms with Crippen molar-refractivity contribution in [2.75, 3.05) is 31.2 Å². The first-order valence-corrected chi connectivity index (χ1v) is 10.4. The van der Waals surface area contributed by atoms with Crippen molar-refractivity contribution in [2.45, 2.75) is 39.0 Å². The summed E-state index contributed by atoms with van der Waals surface area (Å²) < 4.78 is 24.5. The van der Waals surface area contributed by atoms with Crippen molar-refractivity contribution in [3.63, 3.8) is 0 Å². The van der Waals surface area contributed by atoms with E-state index in [1.54, 1.807) is 25.1 Å². The molecule has 1 aromatic heterocycles. The van der Waals surface area contributed by atoms with Crippen LogP contribution in [0.4, 0.5) is 10.1 Å². The zero-order valence-electron chi connectivity index (χ0n) is 17.5. The molecule has 30 heavy (non-hydrogen) atoms. The minimum absolute atomic E-state index is 0.240. The highest BCUT2D eigenvalue weighted by Gasteiger charge is 2.27. The van der Waals surface area contributed by atoms with E-state index in [0.717, 1.165) is 54.9 Å². The number of aliphatic hydroxyl groups is 1. The van der Waals surface area contributed by atoms with Crippen molar-refractivity contribution >= 4 is 16.7 Å². The normalized spacial score (nSPS) is 14.5. The predicted octanol–water partition coefficient (Wildman–Crippen LogP) is 4.84. The van der Waals surface area contributed by atoms with Gasteiger partial charge < -0.3 is 24.4 Å². The smallest absolute Gasteiger partial charge is 0.170 e. The van der Waals surface area contributed by atoms with Crippen LogP contribution in [-0.4, -0.2) is 41.7 Å². The Labute approximate surface area is 175 Å². The van der Waals surface area contributed by atoms with Crippen LogP contribution in [0.2, 0.25) is 0 Å². The summed E-state index contributed by atoms with van der Waals surface area (Å²) in [6.45, 7) is 6.16. The van der Waals surface area contributed by atoms with Gasteiger partial charge in [0.05, 0.1) is 12.3 Å². The molecule has 0 unspecified atom stereocenters. The van der Waals surface area contributed by atoms with E-state index in [-0.39, 0.29) is 24.1 Å². The third-order valence-corrected chi connectivity index (χ3v) is 5.10. The Bertz CT molecular complexity index is 952. The lowest BCUT2D eigenvalue weighted by atomic mass is 9.91. The number of aromatic hydroxyl groups is 1. The number of hydrogen-bond acceptors (Lipinski definition) is 6. The summed E-state index contributed by atoms with van der Waals surface area (Å²) in [4.78, 5) is 2.17. The van der Waals surface area contributed by atoms with Gasteiger partial charge in [-0.2, -0.15) is 0 Å². The Kier molecular flexibility index (Phi) is 7.52. The molecular weight excluding hydrogens is 387 g/mol. The second-order valence-electron chi connectivity index (χ2n) is 7.26. The van der Waals surface area contributed by atoms with Crippen LogP contribution >= 0.6 is 0 Å². The second-order valence-corrected chi connectivity index (χ2v) is 7.26. The lowest BCUT2D eigenvalue weighted by molar-refractivity contribution is 0.314. The molecule has 0 amide bonds. The number of phenolic OH excluding ortho intramolecular Hbond substituents is 1.